The normalized spacial score (nSPS) is 15.9. The van der Waals surface area contributed by atoms with E-state index in [0.29, 0.717) is 26.2 Å². The third-order valence-corrected chi connectivity index (χ3v) is 5.76. The third-order valence-electron chi connectivity index (χ3n) is 3.19. The molecule has 0 spiro atoms. The highest BCUT2D eigenvalue weighted by molar-refractivity contribution is 8.09. The molecule has 2 heterocycles. The average molecular weight is 315 g/mol. The number of fused-ring (bicyclic) bond motifs is 2. The smallest absolute Gasteiger partial charge is 0.261 e. The summed E-state index contributed by atoms with van der Waals surface area (Å²) in [6.07, 6.45) is 0. The van der Waals surface area contributed by atoms with Gasteiger partial charge in [-0.25, -0.2) is 13.4 Å². The molecule has 1 aromatic heterocycles. The van der Waals surface area contributed by atoms with Gasteiger partial charge in [0.05, 0.1) is 10.3 Å². The zero-order chi connectivity index (χ0) is 14.4. The van der Waals surface area contributed by atoms with Crippen LogP contribution in [0.25, 0.3) is 16.0 Å². The van der Waals surface area contributed by atoms with Gasteiger partial charge in [-0.15, -0.1) is 0 Å². The maximum absolute atomic E-state index is 12.1. The second-order valence-electron chi connectivity index (χ2n) is 4.57. The molecule has 0 saturated heterocycles. The van der Waals surface area contributed by atoms with E-state index in [4.69, 9.17) is 4.42 Å². The molecule has 4 nitrogen and oxygen atoms in total. The Morgan fingerprint density at radius 3 is 2.62 bits per heavy atom. The molecule has 0 saturated carbocycles. The van der Waals surface area contributed by atoms with E-state index in [1.54, 1.807) is 18.2 Å². The Hall–Kier alpha value is -2.05. The number of benzene rings is 2. The SMILES string of the molecule is O=S1(=O)C=C(Sc2nc3ccccc3o2)c2ccccc21. The number of nitrogens with zero attached hydrogens (tertiary/aromatic N) is 1. The van der Waals surface area contributed by atoms with Crippen LogP contribution in [0.2, 0.25) is 0 Å². The van der Waals surface area contributed by atoms with Gasteiger partial charge in [0.25, 0.3) is 5.22 Å². The average Bonchev–Trinajstić information content (AvgIpc) is 2.98. The van der Waals surface area contributed by atoms with Crippen LogP contribution >= 0.6 is 11.8 Å². The second-order valence-corrected chi connectivity index (χ2v) is 7.33. The number of hydrogen-bond donors (Lipinski definition) is 0. The van der Waals surface area contributed by atoms with Crippen molar-refractivity contribution in [3.8, 4) is 0 Å². The summed E-state index contributed by atoms with van der Waals surface area (Å²) in [5.41, 5.74) is 2.15. The highest BCUT2D eigenvalue weighted by atomic mass is 32.2. The Morgan fingerprint density at radius 1 is 1.00 bits per heavy atom. The van der Waals surface area contributed by atoms with E-state index in [1.165, 1.54) is 17.2 Å². The van der Waals surface area contributed by atoms with Gasteiger partial charge in [0.2, 0.25) is 9.84 Å². The quantitative estimate of drug-likeness (QED) is 0.721. The van der Waals surface area contributed by atoms with E-state index in [2.05, 4.69) is 4.98 Å². The molecule has 0 radical (unpaired) electrons. The van der Waals surface area contributed by atoms with Crippen LogP contribution in [0.3, 0.4) is 0 Å². The van der Waals surface area contributed by atoms with Crippen LogP contribution in [0.5, 0.6) is 0 Å². The summed E-state index contributed by atoms with van der Waals surface area (Å²) in [6.45, 7) is 0. The lowest BCUT2D eigenvalue weighted by atomic mass is 10.2. The first-order valence-electron chi connectivity index (χ1n) is 6.23. The fourth-order valence-electron chi connectivity index (χ4n) is 2.25. The molecule has 0 fully saturated rings. The zero-order valence-electron chi connectivity index (χ0n) is 10.7. The van der Waals surface area contributed by atoms with Gasteiger partial charge in [0, 0.05) is 10.5 Å². The molecule has 6 heteroatoms. The molecule has 0 atom stereocenters. The summed E-state index contributed by atoms with van der Waals surface area (Å²) in [7, 11) is -3.36. The van der Waals surface area contributed by atoms with Gasteiger partial charge >= 0.3 is 0 Å². The fourth-order valence-corrected chi connectivity index (χ4v) is 4.93. The molecule has 104 valence electrons. The van der Waals surface area contributed by atoms with Crippen molar-refractivity contribution >= 4 is 37.6 Å². The van der Waals surface area contributed by atoms with E-state index < -0.39 is 9.84 Å². The van der Waals surface area contributed by atoms with Crippen LogP contribution in [0.1, 0.15) is 5.56 Å². The van der Waals surface area contributed by atoms with Crippen molar-refractivity contribution in [3.05, 3.63) is 59.5 Å². The standard InChI is InChI=1S/C15H9NO3S2/c17-21(18)9-13(10-5-1-4-8-14(10)21)20-15-16-11-6-2-3-7-12(11)19-15/h1-9H. The summed E-state index contributed by atoms with van der Waals surface area (Å²) in [5.74, 6) is 0. The molecule has 0 amide bonds. The lowest BCUT2D eigenvalue weighted by Crippen LogP contribution is -1.91. The van der Waals surface area contributed by atoms with E-state index in [-0.39, 0.29) is 0 Å². The van der Waals surface area contributed by atoms with Crippen molar-refractivity contribution in [1.29, 1.82) is 0 Å². The van der Waals surface area contributed by atoms with Crippen molar-refractivity contribution in [3.63, 3.8) is 0 Å². The minimum absolute atomic E-state index is 0.337. The minimum Gasteiger partial charge on any atom is -0.431 e. The number of oxazole rings is 1. The predicted molar refractivity (Wildman–Crippen MR) is 81.5 cm³/mol. The van der Waals surface area contributed by atoms with Gasteiger partial charge in [-0.1, -0.05) is 30.3 Å². The van der Waals surface area contributed by atoms with Crippen LogP contribution in [0.15, 0.2) is 68.5 Å². The third kappa shape index (κ3) is 2.07. The second kappa shape index (κ2) is 4.47. The Labute approximate surface area is 125 Å². The number of aromatic nitrogens is 1. The van der Waals surface area contributed by atoms with Gasteiger partial charge in [0.15, 0.2) is 5.58 Å². The zero-order valence-corrected chi connectivity index (χ0v) is 12.3. The largest absolute Gasteiger partial charge is 0.431 e. The molecular weight excluding hydrogens is 306 g/mol. The number of rotatable bonds is 2. The van der Waals surface area contributed by atoms with E-state index >= 15 is 0 Å². The summed E-state index contributed by atoms with van der Waals surface area (Å²) in [6, 6.07) is 14.4. The number of hydrogen-bond acceptors (Lipinski definition) is 5. The summed E-state index contributed by atoms with van der Waals surface area (Å²) in [5, 5.41) is 1.71. The van der Waals surface area contributed by atoms with Crippen LogP contribution in [-0.2, 0) is 9.84 Å². The minimum atomic E-state index is -3.36. The summed E-state index contributed by atoms with van der Waals surface area (Å²) >= 11 is 1.23. The van der Waals surface area contributed by atoms with Crippen LogP contribution in [-0.4, -0.2) is 13.4 Å². The number of para-hydroxylation sites is 2. The summed E-state index contributed by atoms with van der Waals surface area (Å²) < 4.78 is 29.8. The fraction of sp³-hybridized carbons (Fsp3) is 0. The monoisotopic (exact) mass is 315 g/mol. The number of sulfone groups is 1. The van der Waals surface area contributed by atoms with Gasteiger partial charge in [-0.3, -0.25) is 0 Å². The number of thioether (sulfide) groups is 1. The Morgan fingerprint density at radius 2 is 1.76 bits per heavy atom. The molecule has 0 N–H and O–H groups in total. The Balaban J connectivity index is 1.78. The van der Waals surface area contributed by atoms with Gasteiger partial charge in [-0.2, -0.15) is 0 Å². The predicted octanol–water partition coefficient (Wildman–Crippen LogP) is 3.71. The molecule has 0 bridgehead atoms. The van der Waals surface area contributed by atoms with Crippen molar-refractivity contribution in [2.45, 2.75) is 10.1 Å². The molecule has 0 aliphatic carbocycles. The summed E-state index contributed by atoms with van der Waals surface area (Å²) in [4.78, 5) is 5.33. The van der Waals surface area contributed by atoms with Gasteiger partial charge < -0.3 is 4.42 Å². The first-order valence-corrected chi connectivity index (χ1v) is 8.59. The lowest BCUT2D eigenvalue weighted by molar-refractivity contribution is 0.490. The van der Waals surface area contributed by atoms with Gasteiger partial charge in [-0.05, 0) is 30.0 Å². The van der Waals surface area contributed by atoms with Crippen LogP contribution < -0.4 is 0 Å². The first kappa shape index (κ1) is 12.7. The van der Waals surface area contributed by atoms with Crippen molar-refractivity contribution in [2.24, 2.45) is 0 Å². The molecule has 0 unspecified atom stereocenters. The highest BCUT2D eigenvalue weighted by Gasteiger charge is 2.28. The molecule has 1 aliphatic heterocycles. The Kier molecular flexibility index (Phi) is 2.70. The molecule has 2 aromatic carbocycles. The van der Waals surface area contributed by atoms with Crippen molar-refractivity contribution < 1.29 is 12.8 Å². The molecule has 4 rings (SSSR count). The van der Waals surface area contributed by atoms with E-state index in [9.17, 15) is 8.42 Å². The van der Waals surface area contributed by atoms with Crippen molar-refractivity contribution in [2.75, 3.05) is 0 Å². The van der Waals surface area contributed by atoms with Crippen LogP contribution in [0, 0.1) is 0 Å². The van der Waals surface area contributed by atoms with Gasteiger partial charge in [0.1, 0.15) is 5.52 Å². The first-order chi connectivity index (χ1) is 10.1. The van der Waals surface area contributed by atoms with E-state index in [1.807, 2.05) is 30.3 Å². The molecule has 3 aromatic rings. The van der Waals surface area contributed by atoms with E-state index in [0.717, 1.165) is 5.52 Å². The van der Waals surface area contributed by atoms with Crippen LogP contribution in [0.4, 0.5) is 0 Å². The molecule has 21 heavy (non-hydrogen) atoms. The highest BCUT2D eigenvalue weighted by Crippen LogP contribution is 2.43. The molecule has 1 aliphatic rings. The van der Waals surface area contributed by atoms with Crippen molar-refractivity contribution in [1.82, 2.24) is 4.98 Å². The Bertz CT molecular complexity index is 954. The topological polar surface area (TPSA) is 60.2 Å². The maximum Gasteiger partial charge on any atom is 0.261 e. The molecular formula is C15H9NO3S2. The maximum atomic E-state index is 12.1. The lowest BCUT2D eigenvalue weighted by Gasteiger charge is -2.00.